The molecule has 1 N–H and O–H groups in total. The molecule has 2 aromatic carbocycles. The molecule has 0 spiro atoms. The van der Waals surface area contributed by atoms with Gasteiger partial charge in [0.1, 0.15) is 6.04 Å². The molecule has 3 rings (SSSR count). The summed E-state index contributed by atoms with van der Waals surface area (Å²) in [6, 6.07) is 14.5. The van der Waals surface area contributed by atoms with Crippen LogP contribution in [0.1, 0.15) is 50.2 Å². The molecule has 30 heavy (non-hydrogen) atoms. The highest BCUT2D eigenvalue weighted by molar-refractivity contribution is 6.35. The van der Waals surface area contributed by atoms with Gasteiger partial charge in [-0.25, -0.2) is 0 Å². The topological polar surface area (TPSA) is 49.4 Å². The minimum absolute atomic E-state index is 0.0871. The molecular formula is C24H28Cl2N2O2. The Hall–Kier alpha value is -2.04. The molecule has 2 amide bonds. The number of amides is 2. The summed E-state index contributed by atoms with van der Waals surface area (Å²) in [5, 5.41) is 4.18. The van der Waals surface area contributed by atoms with Crippen LogP contribution < -0.4 is 5.32 Å². The average molecular weight is 447 g/mol. The van der Waals surface area contributed by atoms with Gasteiger partial charge >= 0.3 is 0 Å². The summed E-state index contributed by atoms with van der Waals surface area (Å²) in [7, 11) is 0. The molecule has 0 aromatic heterocycles. The van der Waals surface area contributed by atoms with Gasteiger partial charge in [-0.05, 0) is 42.5 Å². The second-order valence-electron chi connectivity index (χ2n) is 7.83. The molecule has 4 nitrogen and oxygen atoms in total. The van der Waals surface area contributed by atoms with E-state index in [1.807, 2.05) is 43.3 Å². The van der Waals surface area contributed by atoms with Crippen LogP contribution in [0.25, 0.3) is 0 Å². The molecule has 2 aromatic rings. The molecule has 0 aliphatic heterocycles. The third-order valence-corrected chi connectivity index (χ3v) is 6.23. The number of carbonyl (C=O) groups is 2. The minimum Gasteiger partial charge on any atom is -0.352 e. The van der Waals surface area contributed by atoms with Gasteiger partial charge in [0.2, 0.25) is 11.8 Å². The van der Waals surface area contributed by atoms with Gasteiger partial charge in [0.05, 0.1) is 6.42 Å². The van der Waals surface area contributed by atoms with Crippen molar-refractivity contribution >= 4 is 35.0 Å². The highest BCUT2D eigenvalue weighted by Gasteiger charge is 2.31. The van der Waals surface area contributed by atoms with E-state index < -0.39 is 6.04 Å². The Morgan fingerprint density at radius 3 is 2.43 bits per heavy atom. The molecule has 0 unspecified atom stereocenters. The summed E-state index contributed by atoms with van der Waals surface area (Å²) in [6.07, 6.45) is 5.05. The predicted molar refractivity (Wildman–Crippen MR) is 122 cm³/mol. The summed E-state index contributed by atoms with van der Waals surface area (Å²) in [5.74, 6) is -0.184. The maximum Gasteiger partial charge on any atom is 0.243 e. The van der Waals surface area contributed by atoms with Crippen LogP contribution in [0.4, 0.5) is 0 Å². The lowest BCUT2D eigenvalue weighted by molar-refractivity contribution is -0.141. The van der Waals surface area contributed by atoms with E-state index >= 15 is 0 Å². The number of hydrogen-bond acceptors (Lipinski definition) is 2. The minimum atomic E-state index is -0.548. The standard InChI is InChI=1S/C24H28Cl2N2O2/c1-2-22(24(30)27-20-10-6-7-11-20)28(16-18-12-13-19(25)15-21(18)26)23(29)14-17-8-4-3-5-9-17/h3-5,8-9,12-13,15,20,22H,2,6-7,10-11,14,16H2,1H3,(H,27,30)/t22-/m0/s1. The molecule has 6 heteroatoms. The first kappa shape index (κ1) is 22.6. The van der Waals surface area contributed by atoms with Gasteiger partial charge in [-0.1, -0.05) is 79.4 Å². The molecule has 0 radical (unpaired) electrons. The molecule has 1 saturated carbocycles. The van der Waals surface area contributed by atoms with Crippen molar-refractivity contribution in [3.8, 4) is 0 Å². The Morgan fingerprint density at radius 2 is 1.80 bits per heavy atom. The highest BCUT2D eigenvalue weighted by atomic mass is 35.5. The summed E-state index contributed by atoms with van der Waals surface area (Å²) in [6.45, 7) is 2.20. The summed E-state index contributed by atoms with van der Waals surface area (Å²) >= 11 is 12.4. The number of nitrogens with one attached hydrogen (secondary N) is 1. The van der Waals surface area contributed by atoms with Crippen LogP contribution in [0, 0.1) is 0 Å². The first-order chi connectivity index (χ1) is 14.5. The van der Waals surface area contributed by atoms with Crippen LogP contribution in [-0.2, 0) is 22.6 Å². The zero-order valence-electron chi connectivity index (χ0n) is 17.2. The number of halogens is 2. The van der Waals surface area contributed by atoms with E-state index in [9.17, 15) is 9.59 Å². The van der Waals surface area contributed by atoms with Crippen molar-refractivity contribution in [2.45, 2.75) is 64.1 Å². The lowest BCUT2D eigenvalue weighted by atomic mass is 10.1. The van der Waals surface area contributed by atoms with Crippen molar-refractivity contribution in [1.82, 2.24) is 10.2 Å². The summed E-state index contributed by atoms with van der Waals surface area (Å²) in [4.78, 5) is 28.1. The van der Waals surface area contributed by atoms with Crippen LogP contribution in [-0.4, -0.2) is 28.8 Å². The monoisotopic (exact) mass is 446 g/mol. The van der Waals surface area contributed by atoms with Gasteiger partial charge in [-0.15, -0.1) is 0 Å². The highest BCUT2D eigenvalue weighted by Crippen LogP contribution is 2.25. The molecule has 1 aliphatic carbocycles. The number of hydrogen-bond donors (Lipinski definition) is 1. The van der Waals surface area contributed by atoms with Gasteiger partial charge < -0.3 is 10.2 Å². The molecule has 0 heterocycles. The molecule has 1 atom stereocenters. The molecular weight excluding hydrogens is 419 g/mol. The largest absolute Gasteiger partial charge is 0.352 e. The Morgan fingerprint density at radius 1 is 1.10 bits per heavy atom. The number of nitrogens with zero attached hydrogens (tertiary/aromatic N) is 1. The zero-order chi connectivity index (χ0) is 21.5. The first-order valence-electron chi connectivity index (χ1n) is 10.6. The van der Waals surface area contributed by atoms with E-state index in [0.717, 1.165) is 36.8 Å². The maximum atomic E-state index is 13.3. The van der Waals surface area contributed by atoms with Crippen molar-refractivity contribution in [2.75, 3.05) is 0 Å². The van der Waals surface area contributed by atoms with Crippen molar-refractivity contribution in [3.05, 3.63) is 69.7 Å². The van der Waals surface area contributed by atoms with E-state index in [1.165, 1.54) is 0 Å². The smallest absolute Gasteiger partial charge is 0.243 e. The summed E-state index contributed by atoms with van der Waals surface area (Å²) < 4.78 is 0. The van der Waals surface area contributed by atoms with Crippen LogP contribution >= 0.6 is 23.2 Å². The zero-order valence-corrected chi connectivity index (χ0v) is 18.8. The fourth-order valence-corrected chi connectivity index (χ4v) is 4.46. The van der Waals surface area contributed by atoms with Crippen LogP contribution in [0.3, 0.4) is 0 Å². The second kappa shape index (κ2) is 10.8. The van der Waals surface area contributed by atoms with Crippen LogP contribution in [0.15, 0.2) is 48.5 Å². The lowest BCUT2D eigenvalue weighted by Gasteiger charge is -2.32. The lowest BCUT2D eigenvalue weighted by Crippen LogP contribution is -2.51. The molecule has 1 fully saturated rings. The van der Waals surface area contributed by atoms with Crippen molar-refractivity contribution in [2.24, 2.45) is 0 Å². The van der Waals surface area contributed by atoms with E-state index in [0.29, 0.717) is 16.5 Å². The molecule has 0 saturated heterocycles. The Kier molecular flexibility index (Phi) is 8.17. The van der Waals surface area contributed by atoms with Gasteiger partial charge in [-0.2, -0.15) is 0 Å². The van der Waals surface area contributed by atoms with Gasteiger partial charge in [-0.3, -0.25) is 9.59 Å². The van der Waals surface area contributed by atoms with Crippen molar-refractivity contribution < 1.29 is 9.59 Å². The third kappa shape index (κ3) is 5.99. The average Bonchev–Trinajstić information content (AvgIpc) is 3.23. The van der Waals surface area contributed by atoms with Gasteiger partial charge in [0.15, 0.2) is 0 Å². The fraction of sp³-hybridized carbons (Fsp3) is 0.417. The first-order valence-corrected chi connectivity index (χ1v) is 11.3. The van der Waals surface area contributed by atoms with E-state index in [2.05, 4.69) is 5.32 Å². The SMILES string of the molecule is CC[C@@H](C(=O)NC1CCCC1)N(Cc1ccc(Cl)cc1Cl)C(=O)Cc1ccccc1. The predicted octanol–water partition coefficient (Wildman–Crippen LogP) is 5.40. The van der Waals surface area contributed by atoms with E-state index in [-0.39, 0.29) is 30.8 Å². The van der Waals surface area contributed by atoms with Gasteiger partial charge in [0, 0.05) is 22.6 Å². The fourth-order valence-electron chi connectivity index (χ4n) is 3.99. The van der Waals surface area contributed by atoms with E-state index in [4.69, 9.17) is 23.2 Å². The Bertz CT molecular complexity index is 867. The second-order valence-corrected chi connectivity index (χ2v) is 8.68. The van der Waals surface area contributed by atoms with Crippen molar-refractivity contribution in [1.29, 1.82) is 0 Å². The Labute approximate surface area is 188 Å². The van der Waals surface area contributed by atoms with E-state index in [1.54, 1.807) is 17.0 Å². The third-order valence-electron chi connectivity index (χ3n) is 5.64. The molecule has 0 bridgehead atoms. The molecule has 160 valence electrons. The number of benzene rings is 2. The quantitative estimate of drug-likeness (QED) is 0.589. The van der Waals surface area contributed by atoms with Crippen LogP contribution in [0.5, 0.6) is 0 Å². The Balaban J connectivity index is 1.83. The number of rotatable bonds is 8. The maximum absolute atomic E-state index is 13.3. The van der Waals surface area contributed by atoms with Gasteiger partial charge in [0.25, 0.3) is 0 Å². The van der Waals surface area contributed by atoms with Crippen LogP contribution in [0.2, 0.25) is 10.0 Å². The normalized spacial score (nSPS) is 15.0. The number of carbonyl (C=O) groups excluding carboxylic acids is 2. The molecule has 1 aliphatic rings. The van der Waals surface area contributed by atoms with Crippen molar-refractivity contribution in [3.63, 3.8) is 0 Å². The summed E-state index contributed by atoms with van der Waals surface area (Å²) in [5.41, 5.74) is 1.69.